The molecule has 0 aliphatic carbocycles. The maximum absolute atomic E-state index is 2.41. The number of nitrogens with zero attached hydrogens (tertiary/aromatic N) is 2. The number of anilines is 6. The lowest BCUT2D eigenvalue weighted by molar-refractivity contribution is 0.591. The van der Waals surface area contributed by atoms with Crippen LogP contribution in [0.2, 0.25) is 0 Å². The Labute approximate surface area is 271 Å². The fourth-order valence-electron chi connectivity index (χ4n) is 6.87. The molecule has 0 saturated carbocycles. The quantitative estimate of drug-likeness (QED) is 0.177. The Morgan fingerprint density at radius 2 is 0.717 bits per heavy atom. The molecule has 0 aliphatic heterocycles. The van der Waals surface area contributed by atoms with Gasteiger partial charge in [0.25, 0.3) is 0 Å². The van der Waals surface area contributed by atoms with Gasteiger partial charge in [0, 0.05) is 38.9 Å². The summed E-state index contributed by atoms with van der Waals surface area (Å²) in [5, 5.41) is 7.58. The molecule has 0 radical (unpaired) electrons. The predicted octanol–water partition coefficient (Wildman–Crippen LogP) is 12.8. The fourth-order valence-corrected chi connectivity index (χ4v) is 6.87. The topological polar surface area (TPSA) is 6.48 Å². The van der Waals surface area contributed by atoms with Crippen LogP contribution in [0.25, 0.3) is 32.3 Å². The Morgan fingerprint density at radius 3 is 1.04 bits per heavy atom. The van der Waals surface area contributed by atoms with Gasteiger partial charge in [0.15, 0.2) is 0 Å². The minimum absolute atomic E-state index is 0.0120. The lowest BCUT2D eigenvalue weighted by Gasteiger charge is -2.31. The van der Waals surface area contributed by atoms with Crippen molar-refractivity contribution in [1.82, 2.24) is 0 Å². The van der Waals surface area contributed by atoms with E-state index in [2.05, 4.69) is 194 Å². The molecule has 0 spiro atoms. The second kappa shape index (κ2) is 11.1. The van der Waals surface area contributed by atoms with E-state index in [1.807, 2.05) is 0 Å². The van der Waals surface area contributed by atoms with E-state index in [0.29, 0.717) is 0 Å². The molecule has 2 nitrogen and oxygen atoms in total. The van der Waals surface area contributed by atoms with Crippen LogP contribution in [0.1, 0.15) is 26.3 Å². The Morgan fingerprint density at radius 1 is 0.370 bits per heavy atom. The molecule has 8 aromatic carbocycles. The molecule has 0 amide bonds. The number of benzene rings is 8. The minimum Gasteiger partial charge on any atom is -0.310 e. The summed E-state index contributed by atoms with van der Waals surface area (Å²) in [4.78, 5) is 4.82. The molecule has 0 heterocycles. The predicted molar refractivity (Wildman–Crippen MR) is 198 cm³/mol. The fraction of sp³-hybridized carbons (Fsp3) is 0.0909. The monoisotopic (exact) mass is 592 g/mol. The first-order chi connectivity index (χ1) is 22.5. The van der Waals surface area contributed by atoms with E-state index in [4.69, 9.17) is 0 Å². The molecule has 0 aliphatic rings. The van der Waals surface area contributed by atoms with Crippen LogP contribution in [0.4, 0.5) is 34.1 Å². The summed E-state index contributed by atoms with van der Waals surface area (Å²) in [6.07, 6.45) is 0. The zero-order valence-electron chi connectivity index (χ0n) is 26.5. The van der Waals surface area contributed by atoms with Crippen LogP contribution in [0, 0.1) is 0 Å². The van der Waals surface area contributed by atoms with Crippen LogP contribution in [-0.4, -0.2) is 0 Å². The molecule has 0 aromatic heterocycles. The number of para-hydroxylation sites is 4. The molecular weight excluding hydrogens is 556 g/mol. The van der Waals surface area contributed by atoms with Crippen molar-refractivity contribution in [1.29, 1.82) is 0 Å². The summed E-state index contributed by atoms with van der Waals surface area (Å²) < 4.78 is 0. The molecule has 222 valence electrons. The summed E-state index contributed by atoms with van der Waals surface area (Å²) >= 11 is 0. The molecule has 2 heteroatoms. The van der Waals surface area contributed by atoms with Crippen molar-refractivity contribution in [3.63, 3.8) is 0 Å². The van der Waals surface area contributed by atoms with Crippen molar-refractivity contribution >= 4 is 66.4 Å². The zero-order valence-corrected chi connectivity index (χ0v) is 26.5. The molecule has 0 atom stereocenters. The minimum atomic E-state index is -0.0120. The van der Waals surface area contributed by atoms with Gasteiger partial charge in [-0.05, 0) is 87.8 Å². The van der Waals surface area contributed by atoms with Crippen LogP contribution in [0.3, 0.4) is 0 Å². The highest BCUT2D eigenvalue weighted by atomic mass is 15.2. The Balaban J connectivity index is 1.53. The number of hydrogen-bond acceptors (Lipinski definition) is 2. The van der Waals surface area contributed by atoms with E-state index in [1.165, 1.54) is 49.3 Å². The molecule has 0 unspecified atom stereocenters. The van der Waals surface area contributed by atoms with Crippen molar-refractivity contribution < 1.29 is 0 Å². The average molecular weight is 593 g/mol. The molecular formula is C44H36N2. The zero-order chi connectivity index (χ0) is 31.3. The highest BCUT2D eigenvalue weighted by Gasteiger charge is 2.25. The van der Waals surface area contributed by atoms with Crippen molar-refractivity contribution in [3.05, 3.63) is 169 Å². The molecule has 0 bridgehead atoms. The van der Waals surface area contributed by atoms with E-state index in [9.17, 15) is 0 Å². The SMILES string of the molecule is CC(C)(C)c1cc2cc(N(c3ccccc3)c3ccccc3)c3cccc4c(N(c5ccccc5)c5ccccc5)cc(c1)c2c34. The van der Waals surface area contributed by atoms with Gasteiger partial charge in [0.05, 0.1) is 11.4 Å². The van der Waals surface area contributed by atoms with Crippen LogP contribution in [-0.2, 0) is 5.41 Å². The van der Waals surface area contributed by atoms with Gasteiger partial charge >= 0.3 is 0 Å². The lowest BCUT2D eigenvalue weighted by Crippen LogP contribution is -2.13. The van der Waals surface area contributed by atoms with Gasteiger partial charge in [0.2, 0.25) is 0 Å². The Hall–Kier alpha value is -5.60. The standard InChI is InChI=1S/C44H36N2/c1-44(2,3)33-27-31-29-40(45(34-17-8-4-9-18-34)35-19-10-5-11-20-35)38-25-16-26-39-41(30-32(28-33)42(31)43(38)39)46(36-21-12-6-13-22-36)37-23-14-7-15-24-37/h4-30H,1-3H3. The van der Waals surface area contributed by atoms with Crippen LogP contribution < -0.4 is 9.80 Å². The summed E-state index contributed by atoms with van der Waals surface area (Å²) in [5.74, 6) is 0. The third-order valence-electron chi connectivity index (χ3n) is 9.06. The van der Waals surface area contributed by atoms with E-state index >= 15 is 0 Å². The van der Waals surface area contributed by atoms with Gasteiger partial charge in [-0.3, -0.25) is 0 Å². The third-order valence-corrected chi connectivity index (χ3v) is 9.06. The normalized spacial score (nSPS) is 11.8. The smallest absolute Gasteiger partial charge is 0.0546 e. The summed E-state index contributed by atoms with van der Waals surface area (Å²) in [6.45, 7) is 6.92. The molecule has 0 fully saturated rings. The number of hydrogen-bond donors (Lipinski definition) is 0. The van der Waals surface area contributed by atoms with Gasteiger partial charge in [-0.25, -0.2) is 0 Å². The van der Waals surface area contributed by atoms with E-state index < -0.39 is 0 Å². The maximum Gasteiger partial charge on any atom is 0.0546 e. The molecule has 8 rings (SSSR count). The first-order valence-corrected chi connectivity index (χ1v) is 16.0. The van der Waals surface area contributed by atoms with Crippen LogP contribution in [0.5, 0.6) is 0 Å². The van der Waals surface area contributed by atoms with Crippen molar-refractivity contribution in [3.8, 4) is 0 Å². The van der Waals surface area contributed by atoms with Crippen molar-refractivity contribution in [2.45, 2.75) is 26.2 Å². The number of rotatable bonds is 6. The van der Waals surface area contributed by atoms with E-state index in [1.54, 1.807) is 0 Å². The second-order valence-electron chi connectivity index (χ2n) is 13.1. The molecule has 0 saturated heterocycles. The van der Waals surface area contributed by atoms with Gasteiger partial charge in [-0.1, -0.05) is 124 Å². The van der Waals surface area contributed by atoms with Gasteiger partial charge < -0.3 is 9.80 Å². The molecule has 8 aromatic rings. The molecule has 46 heavy (non-hydrogen) atoms. The highest BCUT2D eigenvalue weighted by Crippen LogP contribution is 2.49. The largest absolute Gasteiger partial charge is 0.310 e. The van der Waals surface area contributed by atoms with Crippen LogP contribution in [0.15, 0.2) is 164 Å². The van der Waals surface area contributed by atoms with Gasteiger partial charge in [-0.15, -0.1) is 0 Å². The van der Waals surface area contributed by atoms with E-state index in [-0.39, 0.29) is 5.41 Å². The second-order valence-corrected chi connectivity index (χ2v) is 13.1. The first-order valence-electron chi connectivity index (χ1n) is 16.0. The van der Waals surface area contributed by atoms with Crippen LogP contribution >= 0.6 is 0 Å². The summed E-state index contributed by atoms with van der Waals surface area (Å²) in [5.41, 5.74) is 8.20. The van der Waals surface area contributed by atoms with E-state index in [0.717, 1.165) is 22.7 Å². The van der Waals surface area contributed by atoms with Crippen molar-refractivity contribution in [2.24, 2.45) is 0 Å². The lowest BCUT2D eigenvalue weighted by atomic mass is 9.82. The summed E-state index contributed by atoms with van der Waals surface area (Å²) in [6, 6.07) is 59.4. The average Bonchev–Trinajstić information content (AvgIpc) is 3.09. The summed E-state index contributed by atoms with van der Waals surface area (Å²) in [7, 11) is 0. The maximum atomic E-state index is 2.41. The van der Waals surface area contributed by atoms with Crippen molar-refractivity contribution in [2.75, 3.05) is 9.80 Å². The van der Waals surface area contributed by atoms with Gasteiger partial charge in [-0.2, -0.15) is 0 Å². The highest BCUT2D eigenvalue weighted by molar-refractivity contribution is 6.30. The molecule has 0 N–H and O–H groups in total. The first kappa shape index (κ1) is 27.9. The van der Waals surface area contributed by atoms with Gasteiger partial charge in [0.1, 0.15) is 0 Å². The third kappa shape index (κ3) is 4.74. The Kier molecular flexibility index (Phi) is 6.73. The Bertz CT molecular complexity index is 2040.